The maximum atomic E-state index is 7.21. The van der Waals surface area contributed by atoms with Crippen molar-refractivity contribution in [1.29, 1.82) is 5.41 Å². The summed E-state index contributed by atoms with van der Waals surface area (Å²) in [5.41, 5.74) is 1.04. The Kier molecular flexibility index (Phi) is 9.61. The van der Waals surface area contributed by atoms with E-state index in [0.717, 1.165) is 18.4 Å². The van der Waals surface area contributed by atoms with Gasteiger partial charge in [0.2, 0.25) is 0 Å². The molecule has 0 amide bonds. The molecule has 1 N–H and O–H groups in total. The highest BCUT2D eigenvalue weighted by Gasteiger charge is 1.88. The van der Waals surface area contributed by atoms with E-state index in [4.69, 9.17) is 5.41 Å². The van der Waals surface area contributed by atoms with Crippen LogP contribution < -0.4 is 0 Å². The smallest absolute Gasteiger partial charge is 0.0246 e. The highest BCUT2D eigenvalue weighted by molar-refractivity contribution is 5.79. The van der Waals surface area contributed by atoms with Crippen molar-refractivity contribution in [3.8, 4) is 0 Å². The number of nitrogens with one attached hydrogen (secondary N) is 1. The third-order valence-electron chi connectivity index (χ3n) is 2.15. The number of unbranched alkanes of at least 4 members (excludes halogenated alkanes) is 4. The summed E-state index contributed by atoms with van der Waals surface area (Å²) in [5.74, 6) is 0. The minimum atomic E-state index is 1.04. The van der Waals surface area contributed by atoms with Crippen LogP contribution in [0.4, 0.5) is 0 Å². The first kappa shape index (κ1) is 13.2. The van der Waals surface area contributed by atoms with Crippen LogP contribution in [0.3, 0.4) is 0 Å². The molecule has 0 atom stereocenters. The lowest BCUT2D eigenvalue weighted by molar-refractivity contribution is 0.674. The summed E-state index contributed by atoms with van der Waals surface area (Å²) < 4.78 is 0. The van der Waals surface area contributed by atoms with E-state index in [2.05, 4.69) is 26.0 Å². The van der Waals surface area contributed by atoms with Crippen LogP contribution in [0, 0.1) is 5.41 Å². The first-order chi connectivity index (χ1) is 6.85. The number of rotatable bonds is 8. The quantitative estimate of drug-likeness (QED) is 0.333. The van der Waals surface area contributed by atoms with Crippen molar-refractivity contribution in [2.24, 2.45) is 0 Å². The predicted molar refractivity (Wildman–Crippen MR) is 65.1 cm³/mol. The van der Waals surface area contributed by atoms with Crippen molar-refractivity contribution in [1.82, 2.24) is 0 Å². The van der Waals surface area contributed by atoms with Gasteiger partial charge in [0, 0.05) is 6.21 Å². The van der Waals surface area contributed by atoms with Crippen molar-refractivity contribution in [3.05, 3.63) is 23.8 Å². The molecular weight excluding hydrogens is 170 g/mol. The van der Waals surface area contributed by atoms with Crippen molar-refractivity contribution in [3.63, 3.8) is 0 Å². The molecule has 80 valence electrons. The van der Waals surface area contributed by atoms with E-state index in [-0.39, 0.29) is 0 Å². The molecule has 0 unspecified atom stereocenters. The van der Waals surface area contributed by atoms with Gasteiger partial charge in [-0.2, -0.15) is 0 Å². The van der Waals surface area contributed by atoms with E-state index < -0.39 is 0 Å². The second-order valence-electron chi connectivity index (χ2n) is 3.51. The summed E-state index contributed by atoms with van der Waals surface area (Å²) in [6.45, 7) is 4.34. The topological polar surface area (TPSA) is 23.9 Å². The molecule has 1 heteroatoms. The van der Waals surface area contributed by atoms with E-state index in [0.29, 0.717) is 0 Å². The lowest BCUT2D eigenvalue weighted by atomic mass is 10.1. The average Bonchev–Trinajstić information content (AvgIpc) is 2.22. The van der Waals surface area contributed by atoms with Crippen molar-refractivity contribution in [2.45, 2.75) is 52.4 Å². The molecule has 0 aromatic heterocycles. The largest absolute Gasteiger partial charge is 0.308 e. The number of hydrogen-bond donors (Lipinski definition) is 1. The van der Waals surface area contributed by atoms with E-state index in [9.17, 15) is 0 Å². The zero-order valence-corrected chi connectivity index (χ0v) is 9.55. The standard InChI is InChI=1S/C13H23N/c1-3-5-7-8-9-11-13(12-14)10-6-4-2/h6,10-12,14H,3-5,7-9H2,1-2H3/b10-6+,13-11+,14-12?. The van der Waals surface area contributed by atoms with Crippen LogP contribution in [0.2, 0.25) is 0 Å². The number of allylic oxidation sites excluding steroid dienone is 4. The summed E-state index contributed by atoms with van der Waals surface area (Å²) in [6, 6.07) is 0. The maximum absolute atomic E-state index is 7.21. The molecular formula is C13H23N. The van der Waals surface area contributed by atoms with E-state index in [1.165, 1.54) is 31.9 Å². The molecule has 0 saturated carbocycles. The molecule has 0 aliphatic carbocycles. The molecule has 0 fully saturated rings. The van der Waals surface area contributed by atoms with Crippen LogP contribution in [-0.4, -0.2) is 6.21 Å². The van der Waals surface area contributed by atoms with Gasteiger partial charge in [0.05, 0.1) is 0 Å². The Hall–Kier alpha value is -0.850. The number of hydrogen-bond acceptors (Lipinski definition) is 1. The van der Waals surface area contributed by atoms with Gasteiger partial charge in [-0.3, -0.25) is 0 Å². The molecule has 0 aromatic rings. The molecule has 0 saturated heterocycles. The third kappa shape index (κ3) is 7.78. The van der Waals surface area contributed by atoms with Crippen molar-refractivity contribution in [2.75, 3.05) is 0 Å². The lowest BCUT2D eigenvalue weighted by Gasteiger charge is -1.96. The van der Waals surface area contributed by atoms with Gasteiger partial charge in [-0.05, 0) is 24.8 Å². The summed E-state index contributed by atoms with van der Waals surface area (Å²) in [4.78, 5) is 0. The van der Waals surface area contributed by atoms with Crippen LogP contribution in [0.15, 0.2) is 23.8 Å². The Labute approximate surface area is 88.4 Å². The van der Waals surface area contributed by atoms with Gasteiger partial charge in [-0.1, -0.05) is 51.3 Å². The van der Waals surface area contributed by atoms with Crippen molar-refractivity contribution >= 4 is 6.21 Å². The van der Waals surface area contributed by atoms with Gasteiger partial charge in [0.1, 0.15) is 0 Å². The minimum Gasteiger partial charge on any atom is -0.308 e. The Morgan fingerprint density at radius 1 is 1.14 bits per heavy atom. The average molecular weight is 193 g/mol. The van der Waals surface area contributed by atoms with Crippen LogP contribution in [0.25, 0.3) is 0 Å². The summed E-state index contributed by atoms with van der Waals surface area (Å²) in [7, 11) is 0. The molecule has 0 aliphatic rings. The van der Waals surface area contributed by atoms with E-state index in [1.807, 2.05) is 6.08 Å². The molecule has 0 heterocycles. The van der Waals surface area contributed by atoms with Gasteiger partial charge in [-0.15, -0.1) is 0 Å². The zero-order valence-electron chi connectivity index (χ0n) is 9.55. The lowest BCUT2D eigenvalue weighted by Crippen LogP contribution is -1.80. The monoisotopic (exact) mass is 193 g/mol. The minimum absolute atomic E-state index is 1.04. The first-order valence-corrected chi connectivity index (χ1v) is 5.72. The molecule has 0 spiro atoms. The van der Waals surface area contributed by atoms with E-state index >= 15 is 0 Å². The molecule has 1 nitrogen and oxygen atoms in total. The van der Waals surface area contributed by atoms with Crippen molar-refractivity contribution < 1.29 is 0 Å². The second-order valence-corrected chi connectivity index (χ2v) is 3.51. The van der Waals surface area contributed by atoms with Gasteiger partial charge in [0.25, 0.3) is 0 Å². The normalized spacial score (nSPS) is 12.3. The van der Waals surface area contributed by atoms with Gasteiger partial charge in [0.15, 0.2) is 0 Å². The second kappa shape index (κ2) is 10.2. The fourth-order valence-electron chi connectivity index (χ4n) is 1.27. The third-order valence-corrected chi connectivity index (χ3v) is 2.15. The fourth-order valence-corrected chi connectivity index (χ4v) is 1.27. The van der Waals surface area contributed by atoms with Gasteiger partial charge in [-0.25, -0.2) is 0 Å². The fraction of sp³-hybridized carbons (Fsp3) is 0.615. The van der Waals surface area contributed by atoms with Gasteiger partial charge < -0.3 is 5.41 Å². The van der Waals surface area contributed by atoms with Crippen LogP contribution in [0.5, 0.6) is 0 Å². The molecule has 14 heavy (non-hydrogen) atoms. The van der Waals surface area contributed by atoms with E-state index in [1.54, 1.807) is 0 Å². The Morgan fingerprint density at radius 2 is 1.93 bits per heavy atom. The molecule has 0 aliphatic heterocycles. The summed E-state index contributed by atoms with van der Waals surface area (Å²) in [5, 5.41) is 7.21. The van der Waals surface area contributed by atoms with Crippen LogP contribution in [0.1, 0.15) is 52.4 Å². The molecule has 0 aromatic carbocycles. The predicted octanol–water partition coefficient (Wildman–Crippen LogP) is 4.50. The SMILES string of the molecule is CC/C=C/C(C=N)=C\CCCCCC. The Balaban J connectivity index is 3.70. The highest BCUT2D eigenvalue weighted by Crippen LogP contribution is 2.05. The molecule has 0 radical (unpaired) electrons. The Morgan fingerprint density at radius 3 is 2.50 bits per heavy atom. The summed E-state index contributed by atoms with van der Waals surface area (Å²) in [6.07, 6.45) is 15.1. The molecule has 0 rings (SSSR count). The first-order valence-electron chi connectivity index (χ1n) is 5.72. The molecule has 0 bridgehead atoms. The zero-order chi connectivity index (χ0) is 10.6. The van der Waals surface area contributed by atoms with Gasteiger partial charge >= 0.3 is 0 Å². The Bertz CT molecular complexity index is 189. The highest BCUT2D eigenvalue weighted by atomic mass is 14.3. The maximum Gasteiger partial charge on any atom is 0.0246 e. The summed E-state index contributed by atoms with van der Waals surface area (Å²) >= 11 is 0. The van der Waals surface area contributed by atoms with Crippen LogP contribution in [-0.2, 0) is 0 Å². The van der Waals surface area contributed by atoms with Crippen LogP contribution >= 0.6 is 0 Å².